The molecule has 1 saturated heterocycles. The lowest BCUT2D eigenvalue weighted by Crippen LogP contribution is -2.46. The van der Waals surface area contributed by atoms with Crippen LogP contribution < -0.4 is 0 Å². The quantitative estimate of drug-likeness (QED) is 0.512. The van der Waals surface area contributed by atoms with Gasteiger partial charge < -0.3 is 9.47 Å². The van der Waals surface area contributed by atoms with E-state index < -0.39 is 0 Å². The molecule has 0 aromatic heterocycles. The molecule has 1 aliphatic heterocycles. The minimum absolute atomic E-state index is 0.190. The topological polar surface area (TPSA) is 21.7 Å². The van der Waals surface area contributed by atoms with E-state index in [2.05, 4.69) is 32.3 Å². The van der Waals surface area contributed by atoms with Gasteiger partial charge in [-0.3, -0.25) is 4.90 Å². The van der Waals surface area contributed by atoms with Gasteiger partial charge in [-0.1, -0.05) is 6.08 Å². The monoisotopic (exact) mass is 227 g/mol. The van der Waals surface area contributed by atoms with E-state index in [4.69, 9.17) is 9.47 Å². The molecule has 0 aromatic rings. The van der Waals surface area contributed by atoms with Gasteiger partial charge in [0.05, 0.1) is 18.3 Å². The van der Waals surface area contributed by atoms with E-state index in [1.807, 2.05) is 6.08 Å². The smallest absolute Gasteiger partial charge is 0.0884 e. The van der Waals surface area contributed by atoms with E-state index in [1.54, 1.807) is 0 Å². The average Bonchev–Trinajstić information content (AvgIpc) is 2.23. The van der Waals surface area contributed by atoms with Gasteiger partial charge in [0.25, 0.3) is 0 Å². The Hall–Kier alpha value is -0.380. The van der Waals surface area contributed by atoms with E-state index in [0.717, 1.165) is 32.7 Å². The summed E-state index contributed by atoms with van der Waals surface area (Å²) in [4.78, 5) is 2.43. The Bertz CT molecular complexity index is 206. The fourth-order valence-electron chi connectivity index (χ4n) is 2.00. The molecule has 0 spiro atoms. The van der Waals surface area contributed by atoms with Crippen LogP contribution in [-0.2, 0) is 9.47 Å². The molecular formula is C13H25NO2. The predicted molar refractivity (Wildman–Crippen MR) is 66.7 cm³/mol. The lowest BCUT2D eigenvalue weighted by molar-refractivity contribution is -0.0571. The third-order valence-corrected chi connectivity index (χ3v) is 2.69. The Labute approximate surface area is 99.4 Å². The molecule has 0 unspecified atom stereocenters. The number of hydrogen-bond acceptors (Lipinski definition) is 3. The van der Waals surface area contributed by atoms with Crippen LogP contribution in [0.15, 0.2) is 12.7 Å². The van der Waals surface area contributed by atoms with Crippen molar-refractivity contribution in [2.75, 3.05) is 26.2 Å². The number of morpholine rings is 1. The first-order chi connectivity index (χ1) is 7.61. The molecule has 94 valence electrons. The maximum atomic E-state index is 5.72. The largest absolute Gasteiger partial charge is 0.379 e. The van der Waals surface area contributed by atoms with Crippen molar-refractivity contribution in [2.45, 2.75) is 45.5 Å². The highest BCUT2D eigenvalue weighted by Gasteiger charge is 2.22. The lowest BCUT2D eigenvalue weighted by atomic mass is 10.2. The van der Waals surface area contributed by atoms with Gasteiger partial charge in [-0.05, 0) is 27.2 Å². The third kappa shape index (κ3) is 5.10. The minimum Gasteiger partial charge on any atom is -0.379 e. The van der Waals surface area contributed by atoms with Gasteiger partial charge in [0.15, 0.2) is 0 Å². The molecule has 0 bridgehead atoms. The maximum absolute atomic E-state index is 5.72. The van der Waals surface area contributed by atoms with E-state index in [9.17, 15) is 0 Å². The first kappa shape index (κ1) is 13.7. The second kappa shape index (κ2) is 7.05. The summed E-state index contributed by atoms with van der Waals surface area (Å²) in [6.45, 7) is 14.0. The molecule has 1 heterocycles. The number of nitrogens with zero attached hydrogens (tertiary/aromatic N) is 1. The zero-order chi connectivity index (χ0) is 12.0. The first-order valence-corrected chi connectivity index (χ1v) is 6.23. The van der Waals surface area contributed by atoms with Gasteiger partial charge in [0.2, 0.25) is 0 Å². The molecule has 0 aromatic carbocycles. The van der Waals surface area contributed by atoms with Crippen LogP contribution >= 0.6 is 0 Å². The standard InChI is InChI=1S/C13H25NO2/c1-5-13-10-14(9-12(4)16-13)7-6-8-15-11(2)3/h5,11-13H,1,6-10H2,2-4H3/t12-,13+/m1/s1. The van der Waals surface area contributed by atoms with Crippen molar-refractivity contribution in [3.63, 3.8) is 0 Å². The van der Waals surface area contributed by atoms with Crippen molar-refractivity contribution >= 4 is 0 Å². The van der Waals surface area contributed by atoms with Crippen LogP contribution in [0.25, 0.3) is 0 Å². The molecule has 1 fully saturated rings. The molecule has 0 amide bonds. The van der Waals surface area contributed by atoms with E-state index in [0.29, 0.717) is 12.2 Å². The summed E-state index contributed by atoms with van der Waals surface area (Å²) in [6, 6.07) is 0. The molecule has 0 saturated carbocycles. The van der Waals surface area contributed by atoms with Crippen molar-refractivity contribution in [1.29, 1.82) is 0 Å². The fourth-order valence-corrected chi connectivity index (χ4v) is 2.00. The summed E-state index contributed by atoms with van der Waals surface area (Å²) < 4.78 is 11.3. The van der Waals surface area contributed by atoms with Crippen LogP contribution in [0.3, 0.4) is 0 Å². The molecule has 1 rings (SSSR count). The Morgan fingerprint density at radius 2 is 2.25 bits per heavy atom. The summed E-state index contributed by atoms with van der Waals surface area (Å²) >= 11 is 0. The van der Waals surface area contributed by atoms with Gasteiger partial charge in [0, 0.05) is 26.2 Å². The average molecular weight is 227 g/mol. The minimum atomic E-state index is 0.190. The summed E-state index contributed by atoms with van der Waals surface area (Å²) in [7, 11) is 0. The summed E-state index contributed by atoms with van der Waals surface area (Å²) in [5.74, 6) is 0. The highest BCUT2D eigenvalue weighted by Crippen LogP contribution is 2.11. The zero-order valence-corrected chi connectivity index (χ0v) is 10.8. The van der Waals surface area contributed by atoms with Crippen LogP contribution in [-0.4, -0.2) is 49.5 Å². The predicted octanol–water partition coefficient (Wildman–Crippen LogP) is 2.08. The fraction of sp³-hybridized carbons (Fsp3) is 0.846. The van der Waals surface area contributed by atoms with Gasteiger partial charge in [-0.25, -0.2) is 0 Å². The van der Waals surface area contributed by atoms with Crippen molar-refractivity contribution in [3.8, 4) is 0 Å². The molecule has 0 aliphatic carbocycles. The van der Waals surface area contributed by atoms with Crippen molar-refractivity contribution in [3.05, 3.63) is 12.7 Å². The van der Waals surface area contributed by atoms with Crippen molar-refractivity contribution < 1.29 is 9.47 Å². The second-order valence-electron chi connectivity index (χ2n) is 4.75. The number of ether oxygens (including phenoxy) is 2. The first-order valence-electron chi connectivity index (χ1n) is 6.23. The van der Waals surface area contributed by atoms with E-state index >= 15 is 0 Å². The van der Waals surface area contributed by atoms with Gasteiger partial charge in [-0.15, -0.1) is 6.58 Å². The molecular weight excluding hydrogens is 202 g/mol. The van der Waals surface area contributed by atoms with Gasteiger partial charge in [-0.2, -0.15) is 0 Å². The van der Waals surface area contributed by atoms with E-state index in [1.165, 1.54) is 0 Å². The second-order valence-corrected chi connectivity index (χ2v) is 4.75. The molecule has 2 atom stereocenters. The summed E-state index contributed by atoms with van der Waals surface area (Å²) in [5.41, 5.74) is 0. The van der Waals surface area contributed by atoms with Crippen molar-refractivity contribution in [1.82, 2.24) is 4.90 Å². The number of hydrogen-bond donors (Lipinski definition) is 0. The van der Waals surface area contributed by atoms with Crippen LogP contribution in [0, 0.1) is 0 Å². The van der Waals surface area contributed by atoms with Crippen LogP contribution in [0.5, 0.6) is 0 Å². The van der Waals surface area contributed by atoms with E-state index in [-0.39, 0.29) is 6.10 Å². The summed E-state index contributed by atoms with van der Waals surface area (Å²) in [6.07, 6.45) is 3.82. The zero-order valence-electron chi connectivity index (χ0n) is 10.8. The van der Waals surface area contributed by atoms with Crippen LogP contribution in [0.4, 0.5) is 0 Å². The van der Waals surface area contributed by atoms with Crippen LogP contribution in [0.2, 0.25) is 0 Å². The highest BCUT2D eigenvalue weighted by atomic mass is 16.5. The normalized spacial score (nSPS) is 27.2. The molecule has 3 nitrogen and oxygen atoms in total. The Morgan fingerprint density at radius 3 is 2.88 bits per heavy atom. The summed E-state index contributed by atoms with van der Waals surface area (Å²) in [5, 5.41) is 0. The molecule has 16 heavy (non-hydrogen) atoms. The van der Waals surface area contributed by atoms with Crippen molar-refractivity contribution in [2.24, 2.45) is 0 Å². The van der Waals surface area contributed by atoms with Gasteiger partial charge >= 0.3 is 0 Å². The Balaban J connectivity index is 2.18. The Morgan fingerprint density at radius 1 is 1.50 bits per heavy atom. The maximum Gasteiger partial charge on any atom is 0.0884 e. The van der Waals surface area contributed by atoms with Crippen LogP contribution in [0.1, 0.15) is 27.2 Å². The Kier molecular flexibility index (Phi) is 6.03. The van der Waals surface area contributed by atoms with Gasteiger partial charge in [0.1, 0.15) is 0 Å². The molecule has 1 aliphatic rings. The number of rotatable bonds is 6. The lowest BCUT2D eigenvalue weighted by Gasteiger charge is -2.35. The molecule has 0 N–H and O–H groups in total. The molecule has 0 radical (unpaired) electrons. The third-order valence-electron chi connectivity index (χ3n) is 2.69. The SMILES string of the molecule is C=C[C@H]1CN(CCCOC(C)C)C[C@@H](C)O1. The highest BCUT2D eigenvalue weighted by molar-refractivity contribution is 4.87. The molecule has 3 heteroatoms.